The third-order valence-electron chi connectivity index (χ3n) is 9.77. The first-order chi connectivity index (χ1) is 22.2. The zero-order chi connectivity index (χ0) is 34.5. The first kappa shape index (κ1) is 43.3. The Bertz CT molecular complexity index is 1540. The third kappa shape index (κ3) is 10.8. The molecule has 1 aromatic carbocycles. The van der Waals surface area contributed by atoms with Crippen LogP contribution in [0.1, 0.15) is 147 Å². The van der Waals surface area contributed by atoms with E-state index in [2.05, 4.69) is 76.3 Å². The topological polar surface area (TPSA) is 35.0 Å². The van der Waals surface area contributed by atoms with Gasteiger partial charge < -0.3 is 4.74 Å². The molecule has 8 heteroatoms. The molecule has 3 aromatic heterocycles. The predicted octanol–water partition coefficient (Wildman–Crippen LogP) is 15.0. The molecule has 0 N–H and O–H groups in total. The molecule has 0 saturated carbocycles. The van der Waals surface area contributed by atoms with Crippen LogP contribution in [0.15, 0.2) is 12.1 Å². The van der Waals surface area contributed by atoms with Gasteiger partial charge in [-0.05, 0) is 89.2 Å². The van der Waals surface area contributed by atoms with Gasteiger partial charge in [-0.25, -0.2) is 8.78 Å². The van der Waals surface area contributed by atoms with Crippen LogP contribution in [-0.4, -0.2) is 8.75 Å². The SMILES string of the molecule is C.C.Cc1c(F)c(F)c(C)c2nsnc12.Cc1cc2c(s1)-c1sc(C)cc1C(CCC(C)CCCC(C)C)(CCC(C)CCCC(C)C)O2. The van der Waals surface area contributed by atoms with Crippen molar-refractivity contribution in [2.45, 2.75) is 154 Å². The van der Waals surface area contributed by atoms with Crippen molar-refractivity contribution in [2.24, 2.45) is 23.7 Å². The minimum Gasteiger partial charge on any atom is -0.481 e. The van der Waals surface area contributed by atoms with E-state index in [1.165, 1.54) is 90.3 Å². The Labute approximate surface area is 309 Å². The zero-order valence-electron chi connectivity index (χ0n) is 30.3. The summed E-state index contributed by atoms with van der Waals surface area (Å²) < 4.78 is 41.2. The highest BCUT2D eigenvalue weighted by Crippen LogP contribution is 2.55. The molecule has 2 atom stereocenters. The van der Waals surface area contributed by atoms with Crippen molar-refractivity contribution in [1.29, 1.82) is 0 Å². The van der Waals surface area contributed by atoms with Crippen LogP contribution in [0.3, 0.4) is 0 Å². The van der Waals surface area contributed by atoms with Crippen LogP contribution in [0, 0.1) is 63.0 Å². The molecule has 5 rings (SSSR count). The van der Waals surface area contributed by atoms with Gasteiger partial charge in [0.1, 0.15) is 22.4 Å². The summed E-state index contributed by atoms with van der Waals surface area (Å²) in [7, 11) is 0. The fraction of sp³-hybridized carbons (Fsp3) is 0.659. The van der Waals surface area contributed by atoms with Crippen LogP contribution in [0.2, 0.25) is 0 Å². The number of fused-ring (bicyclic) bond motifs is 4. The number of aromatic nitrogens is 2. The number of ether oxygens (including phenoxy) is 1. The molecule has 0 bridgehead atoms. The first-order valence-corrected chi connectivity index (χ1v) is 20.1. The highest BCUT2D eigenvalue weighted by molar-refractivity contribution is 7.22. The van der Waals surface area contributed by atoms with Gasteiger partial charge in [-0.1, -0.05) is 94.9 Å². The lowest BCUT2D eigenvalue weighted by atomic mass is 9.78. The van der Waals surface area contributed by atoms with Gasteiger partial charge in [0.25, 0.3) is 0 Å². The monoisotopic (exact) mass is 734 g/mol. The van der Waals surface area contributed by atoms with Crippen molar-refractivity contribution in [3.63, 3.8) is 0 Å². The predicted molar refractivity (Wildman–Crippen MR) is 214 cm³/mol. The second-order valence-corrected chi connectivity index (χ2v) is 18.1. The highest BCUT2D eigenvalue weighted by Gasteiger charge is 2.43. The van der Waals surface area contributed by atoms with E-state index in [1.807, 2.05) is 22.7 Å². The molecular formula is C41H64F2N2OS3. The molecule has 4 heterocycles. The highest BCUT2D eigenvalue weighted by atomic mass is 32.1. The third-order valence-corrected chi connectivity index (χ3v) is 12.5. The lowest BCUT2D eigenvalue weighted by molar-refractivity contribution is 0.0323. The fourth-order valence-electron chi connectivity index (χ4n) is 6.72. The van der Waals surface area contributed by atoms with Gasteiger partial charge in [0.2, 0.25) is 0 Å². The molecule has 3 nitrogen and oxygen atoms in total. The summed E-state index contributed by atoms with van der Waals surface area (Å²) in [6, 6.07) is 4.76. The van der Waals surface area contributed by atoms with Crippen LogP contribution < -0.4 is 4.74 Å². The van der Waals surface area contributed by atoms with Gasteiger partial charge in [-0.15, -0.1) is 22.7 Å². The summed E-state index contributed by atoms with van der Waals surface area (Å²) in [4.78, 5) is 5.65. The Morgan fingerprint density at radius 1 is 0.653 bits per heavy atom. The molecule has 1 aliphatic heterocycles. The first-order valence-electron chi connectivity index (χ1n) is 17.7. The normalized spacial score (nSPS) is 16.3. The number of benzene rings is 1. The molecule has 49 heavy (non-hydrogen) atoms. The lowest BCUT2D eigenvalue weighted by Crippen LogP contribution is -2.36. The van der Waals surface area contributed by atoms with E-state index in [0.717, 1.165) is 54.0 Å². The Kier molecular flexibility index (Phi) is 16.8. The summed E-state index contributed by atoms with van der Waals surface area (Å²) in [6.07, 6.45) is 12.9. The Morgan fingerprint density at radius 2 is 1.10 bits per heavy atom. The molecular weight excluding hydrogens is 671 g/mol. The molecule has 276 valence electrons. The van der Waals surface area contributed by atoms with Crippen molar-refractivity contribution in [3.8, 4) is 15.5 Å². The summed E-state index contributed by atoms with van der Waals surface area (Å²) in [5.74, 6) is 2.66. The molecule has 0 amide bonds. The van der Waals surface area contributed by atoms with E-state index >= 15 is 0 Å². The van der Waals surface area contributed by atoms with E-state index in [0.29, 0.717) is 11.0 Å². The van der Waals surface area contributed by atoms with Crippen LogP contribution in [0.5, 0.6) is 5.75 Å². The summed E-state index contributed by atoms with van der Waals surface area (Å²) in [5, 5.41) is 0. The molecule has 0 spiro atoms. The number of hydrogen-bond donors (Lipinski definition) is 0. The average molecular weight is 735 g/mol. The number of thiophene rings is 2. The minimum atomic E-state index is -0.822. The van der Waals surface area contributed by atoms with Gasteiger partial charge in [0.15, 0.2) is 11.6 Å². The largest absolute Gasteiger partial charge is 0.481 e. The summed E-state index contributed by atoms with van der Waals surface area (Å²) >= 11 is 4.86. The van der Waals surface area contributed by atoms with Crippen molar-refractivity contribution < 1.29 is 13.5 Å². The number of aryl methyl sites for hydroxylation is 4. The standard InChI is InChI=1S/C31H50OS2.C8H6F2N2S.2CH4/c1-21(2)11-9-13-23(5)15-17-31(18-16-24(6)14-10-12-22(3)4)27-19-25(7)33-29(27)30-28(32-31)20-26(8)34-30;1-3-5(9)6(10)4(2)8-7(3)11-13-12-8;;/h19-24H,9-18H2,1-8H3;1-2H3;2*1H4. The van der Waals surface area contributed by atoms with Crippen LogP contribution in [-0.2, 0) is 5.60 Å². The number of rotatable bonds is 14. The smallest absolute Gasteiger partial charge is 0.164 e. The Hall–Kier alpha value is -1.90. The van der Waals surface area contributed by atoms with E-state index < -0.39 is 11.6 Å². The quantitative estimate of drug-likeness (QED) is 0.129. The van der Waals surface area contributed by atoms with Crippen LogP contribution >= 0.6 is 34.4 Å². The van der Waals surface area contributed by atoms with Gasteiger partial charge in [-0.3, -0.25) is 0 Å². The second kappa shape index (κ2) is 19.1. The van der Waals surface area contributed by atoms with Crippen molar-refractivity contribution in [1.82, 2.24) is 8.75 Å². The number of hydrogen-bond acceptors (Lipinski definition) is 6. The maximum atomic E-state index is 13.2. The average Bonchev–Trinajstić information content (AvgIpc) is 3.75. The molecule has 0 aliphatic carbocycles. The molecule has 0 saturated heterocycles. The summed E-state index contributed by atoms with van der Waals surface area (Å²) in [6.45, 7) is 21.8. The van der Waals surface area contributed by atoms with E-state index in [1.54, 1.807) is 0 Å². The van der Waals surface area contributed by atoms with Crippen molar-refractivity contribution >= 4 is 45.4 Å². The van der Waals surface area contributed by atoms with Gasteiger partial charge in [-0.2, -0.15) is 8.75 Å². The molecule has 0 fully saturated rings. The van der Waals surface area contributed by atoms with E-state index in [-0.39, 0.29) is 31.6 Å². The van der Waals surface area contributed by atoms with Crippen molar-refractivity contribution in [3.05, 3.63) is 50.2 Å². The second-order valence-electron chi connectivity index (χ2n) is 15.0. The zero-order valence-corrected chi connectivity index (χ0v) is 32.8. The van der Waals surface area contributed by atoms with Crippen molar-refractivity contribution in [2.75, 3.05) is 0 Å². The molecule has 0 radical (unpaired) electrons. The molecule has 1 aliphatic rings. The Morgan fingerprint density at radius 3 is 1.57 bits per heavy atom. The van der Waals surface area contributed by atoms with E-state index in [9.17, 15) is 8.78 Å². The molecule has 4 aromatic rings. The van der Waals surface area contributed by atoms with Crippen LogP contribution in [0.4, 0.5) is 8.78 Å². The van der Waals surface area contributed by atoms with Gasteiger partial charge in [0.05, 0.1) is 21.5 Å². The lowest BCUT2D eigenvalue weighted by Gasteiger charge is -2.39. The minimum absolute atomic E-state index is 0. The van der Waals surface area contributed by atoms with E-state index in [4.69, 9.17) is 4.74 Å². The fourth-order valence-corrected chi connectivity index (χ4v) is 9.56. The summed E-state index contributed by atoms with van der Waals surface area (Å²) in [5.41, 5.74) is 2.72. The van der Waals surface area contributed by atoms with Gasteiger partial charge >= 0.3 is 0 Å². The maximum Gasteiger partial charge on any atom is 0.164 e. The Balaban J connectivity index is 0.000000465. The molecule has 2 unspecified atom stereocenters. The van der Waals surface area contributed by atoms with Crippen LogP contribution in [0.25, 0.3) is 20.8 Å². The maximum absolute atomic E-state index is 13.2. The van der Waals surface area contributed by atoms with Gasteiger partial charge in [0, 0.05) is 26.4 Å². The number of nitrogens with zero attached hydrogens (tertiary/aromatic N) is 2. The number of halogens is 2.